The number of amides is 1. The van der Waals surface area contributed by atoms with Crippen molar-refractivity contribution in [3.63, 3.8) is 0 Å². The number of rotatable bonds is 2. The Bertz CT molecular complexity index is 1020. The van der Waals surface area contributed by atoms with Crippen molar-refractivity contribution in [2.75, 3.05) is 0 Å². The molecule has 0 spiro atoms. The van der Waals surface area contributed by atoms with Gasteiger partial charge in [0.2, 0.25) is 0 Å². The molecule has 7 nitrogen and oxygen atoms in total. The minimum atomic E-state index is -4.52. The zero-order valence-corrected chi connectivity index (χ0v) is 15.3. The Kier molecular flexibility index (Phi) is 3.87. The summed E-state index contributed by atoms with van der Waals surface area (Å²) >= 11 is 0. The molecule has 0 aromatic carbocycles. The second kappa shape index (κ2) is 6.23. The minimum Gasteiger partial charge on any atom is -0.374 e. The summed E-state index contributed by atoms with van der Waals surface area (Å²) in [6.45, 7) is 0. The van der Waals surface area contributed by atoms with Crippen LogP contribution in [-0.2, 0) is 11.0 Å². The summed E-state index contributed by atoms with van der Waals surface area (Å²) in [5.41, 5.74) is 11.5. The van der Waals surface area contributed by atoms with Gasteiger partial charge >= 0.3 is 6.18 Å². The number of primary amides is 1. The number of alkyl halides is 3. The highest BCUT2D eigenvalue weighted by atomic mass is 19.4. The minimum absolute atomic E-state index is 0.0855. The van der Waals surface area contributed by atoms with Crippen molar-refractivity contribution in [3.8, 4) is 0 Å². The highest BCUT2D eigenvalue weighted by Gasteiger charge is 2.45. The molecule has 1 amide bonds. The van der Waals surface area contributed by atoms with E-state index in [4.69, 9.17) is 5.73 Å². The Morgan fingerprint density at radius 1 is 1.24 bits per heavy atom. The number of hydrazone groups is 1. The third kappa shape index (κ3) is 2.69. The first-order chi connectivity index (χ1) is 13.9. The number of allylic oxidation sites excluding steroid dienone is 2. The molecule has 0 saturated heterocycles. The van der Waals surface area contributed by atoms with Gasteiger partial charge < -0.3 is 16.5 Å². The number of hydrogen-bond acceptors (Lipinski definition) is 5. The van der Waals surface area contributed by atoms with E-state index in [0.29, 0.717) is 12.1 Å². The number of carbonyl (C=O) groups is 1. The van der Waals surface area contributed by atoms with E-state index in [0.717, 1.165) is 36.0 Å². The molecule has 0 bridgehead atoms. The molecule has 2 aliphatic carbocycles. The van der Waals surface area contributed by atoms with Gasteiger partial charge in [0.05, 0.1) is 24.2 Å². The molecule has 29 heavy (non-hydrogen) atoms. The first kappa shape index (κ1) is 18.0. The van der Waals surface area contributed by atoms with Crippen LogP contribution in [0.5, 0.6) is 0 Å². The molecule has 0 fully saturated rings. The van der Waals surface area contributed by atoms with Crippen LogP contribution in [-0.4, -0.2) is 27.9 Å². The molecule has 3 atom stereocenters. The van der Waals surface area contributed by atoms with Gasteiger partial charge in [-0.3, -0.25) is 9.89 Å². The molecule has 4 aliphatic rings. The summed E-state index contributed by atoms with van der Waals surface area (Å²) in [6.07, 6.45) is 3.71. The predicted octanol–water partition coefficient (Wildman–Crippen LogP) is 2.20. The first-order valence-electron chi connectivity index (χ1n) is 9.51. The standard InChI is InChI=1S/C19H19F3N6O/c20-19(21,22)17-10(7-24-28-17)15-9-4-2-1-3-8(9)13-11(25-15)5-6-12-14(13)16(18(23)29)27-26-12/h5-7,12,14-15,25-26H,1-4H2,(H2,23,29)(H,24,28). The molecule has 1 aromatic rings. The Labute approximate surface area is 164 Å². The van der Waals surface area contributed by atoms with Gasteiger partial charge in [-0.2, -0.15) is 23.4 Å². The van der Waals surface area contributed by atoms with Crippen LogP contribution < -0.4 is 16.5 Å². The zero-order chi connectivity index (χ0) is 20.3. The van der Waals surface area contributed by atoms with Gasteiger partial charge in [-0.25, -0.2) is 0 Å². The molecule has 5 rings (SSSR count). The van der Waals surface area contributed by atoms with Gasteiger partial charge in [-0.1, -0.05) is 6.08 Å². The van der Waals surface area contributed by atoms with E-state index in [1.165, 1.54) is 6.20 Å². The van der Waals surface area contributed by atoms with E-state index < -0.39 is 23.8 Å². The number of aromatic nitrogens is 2. The fourth-order valence-electron chi connectivity index (χ4n) is 4.87. The topological polar surface area (TPSA) is 108 Å². The summed E-state index contributed by atoms with van der Waals surface area (Å²) < 4.78 is 40.5. The molecule has 3 unspecified atom stereocenters. The van der Waals surface area contributed by atoms with Crippen LogP contribution in [0.1, 0.15) is 43.0 Å². The number of nitrogens with two attached hydrogens (primary N) is 1. The lowest BCUT2D eigenvalue weighted by molar-refractivity contribution is -0.142. The summed E-state index contributed by atoms with van der Waals surface area (Å²) in [6, 6.07) is -0.811. The molecule has 0 saturated carbocycles. The maximum Gasteiger partial charge on any atom is 0.433 e. The number of hydrogen-bond donors (Lipinski definition) is 4. The van der Waals surface area contributed by atoms with Crippen molar-refractivity contribution in [2.24, 2.45) is 16.8 Å². The average Bonchev–Trinajstić information content (AvgIpc) is 3.34. The van der Waals surface area contributed by atoms with Crippen molar-refractivity contribution in [3.05, 3.63) is 52.0 Å². The average molecular weight is 404 g/mol. The van der Waals surface area contributed by atoms with Crippen molar-refractivity contribution in [1.29, 1.82) is 0 Å². The third-order valence-corrected chi connectivity index (χ3v) is 6.06. The Balaban J connectivity index is 1.64. The van der Waals surface area contributed by atoms with Crippen LogP contribution in [0.3, 0.4) is 0 Å². The number of carbonyl (C=O) groups excluding carboxylic acids is 1. The third-order valence-electron chi connectivity index (χ3n) is 6.06. The lowest BCUT2D eigenvalue weighted by atomic mass is 9.71. The smallest absolute Gasteiger partial charge is 0.374 e. The number of H-pyrrole nitrogens is 1. The molecule has 152 valence electrons. The van der Waals surface area contributed by atoms with E-state index in [9.17, 15) is 18.0 Å². The van der Waals surface area contributed by atoms with Crippen molar-refractivity contribution in [2.45, 2.75) is 43.9 Å². The Hall–Kier alpha value is -3.04. The van der Waals surface area contributed by atoms with Crippen molar-refractivity contribution >= 4 is 11.6 Å². The number of dihydropyridines is 1. The number of aromatic amines is 1. The van der Waals surface area contributed by atoms with Crippen molar-refractivity contribution < 1.29 is 18.0 Å². The van der Waals surface area contributed by atoms with Gasteiger partial charge in [0.15, 0.2) is 0 Å². The first-order valence-corrected chi connectivity index (χ1v) is 9.51. The van der Waals surface area contributed by atoms with Crippen LogP contribution in [0.15, 0.2) is 45.9 Å². The maximum atomic E-state index is 13.5. The maximum absolute atomic E-state index is 13.5. The highest BCUT2D eigenvalue weighted by molar-refractivity contribution is 6.40. The zero-order valence-electron chi connectivity index (χ0n) is 15.3. The Morgan fingerprint density at radius 3 is 2.79 bits per heavy atom. The lowest BCUT2D eigenvalue weighted by Crippen LogP contribution is -2.42. The number of nitrogens with one attached hydrogen (secondary N) is 3. The molecule has 1 aromatic heterocycles. The monoisotopic (exact) mass is 404 g/mol. The van der Waals surface area contributed by atoms with E-state index in [1.807, 2.05) is 12.2 Å². The van der Waals surface area contributed by atoms with Crippen LogP contribution in [0, 0.1) is 5.92 Å². The molecule has 0 radical (unpaired) electrons. The van der Waals surface area contributed by atoms with Gasteiger partial charge in [-0.05, 0) is 48.5 Å². The van der Waals surface area contributed by atoms with Gasteiger partial charge in [0.1, 0.15) is 11.4 Å². The number of fused-ring (bicyclic) bond motifs is 3. The van der Waals surface area contributed by atoms with E-state index >= 15 is 0 Å². The number of nitrogens with zero attached hydrogens (tertiary/aromatic N) is 2. The molecule has 3 heterocycles. The summed E-state index contributed by atoms with van der Waals surface area (Å²) in [5, 5.41) is 13.2. The van der Waals surface area contributed by atoms with Gasteiger partial charge in [0.25, 0.3) is 5.91 Å². The lowest BCUT2D eigenvalue weighted by Gasteiger charge is -2.40. The van der Waals surface area contributed by atoms with Crippen molar-refractivity contribution in [1.82, 2.24) is 20.9 Å². The van der Waals surface area contributed by atoms with Crippen LogP contribution in [0.2, 0.25) is 0 Å². The molecular weight excluding hydrogens is 385 g/mol. The summed E-state index contributed by atoms with van der Waals surface area (Å²) in [7, 11) is 0. The molecule has 10 heteroatoms. The van der Waals surface area contributed by atoms with E-state index in [1.54, 1.807) is 0 Å². The highest BCUT2D eigenvalue weighted by Crippen LogP contribution is 2.48. The summed E-state index contributed by atoms with van der Waals surface area (Å²) in [4.78, 5) is 11.9. The normalized spacial score (nSPS) is 28.2. The van der Waals surface area contributed by atoms with Gasteiger partial charge in [0, 0.05) is 11.3 Å². The van der Waals surface area contributed by atoms with Crippen LogP contribution in [0.25, 0.3) is 0 Å². The molecular formula is C19H19F3N6O. The largest absolute Gasteiger partial charge is 0.433 e. The predicted molar refractivity (Wildman–Crippen MR) is 98.2 cm³/mol. The molecule has 5 N–H and O–H groups in total. The molecule has 2 aliphatic heterocycles. The second-order valence-corrected chi connectivity index (χ2v) is 7.67. The van der Waals surface area contributed by atoms with E-state index in [-0.39, 0.29) is 23.2 Å². The summed E-state index contributed by atoms with van der Waals surface area (Å²) in [5.74, 6) is -0.933. The Morgan fingerprint density at radius 2 is 2.03 bits per heavy atom. The number of halogens is 3. The fraction of sp³-hybridized carbons (Fsp3) is 0.421. The van der Waals surface area contributed by atoms with Gasteiger partial charge in [-0.15, -0.1) is 0 Å². The SMILES string of the molecule is NC(=O)C1=NNC2C=CC3=C(C4=C(CCCC4)C(c4cn[nH]c4C(F)(F)F)N3)C12. The van der Waals surface area contributed by atoms with E-state index in [2.05, 4.69) is 26.0 Å². The van der Waals surface area contributed by atoms with Crippen LogP contribution in [0.4, 0.5) is 13.2 Å². The quantitative estimate of drug-likeness (QED) is 0.606. The van der Waals surface area contributed by atoms with Crippen LogP contribution >= 0.6 is 0 Å². The second-order valence-electron chi connectivity index (χ2n) is 7.67. The fourth-order valence-corrected chi connectivity index (χ4v) is 4.87.